The first-order valence-electron chi connectivity index (χ1n) is 13.9. The number of alkyl carbamates (subject to hydrolysis) is 1. The Morgan fingerprint density at radius 3 is 2.19 bits per heavy atom. The Kier molecular flexibility index (Phi) is 8.82. The fraction of sp³-hybridized carbons (Fsp3) is 0.469. The average Bonchev–Trinajstić information content (AvgIpc) is 2.94. The van der Waals surface area contributed by atoms with Gasteiger partial charge in [0.1, 0.15) is 11.7 Å². The molecule has 226 valence electrons. The molecule has 0 bridgehead atoms. The van der Waals surface area contributed by atoms with E-state index in [0.717, 1.165) is 0 Å². The third-order valence-electron chi connectivity index (χ3n) is 7.94. The molecule has 1 saturated heterocycles. The molecular formula is C32H40N2O8. The van der Waals surface area contributed by atoms with Crippen molar-refractivity contribution in [1.82, 2.24) is 10.2 Å². The van der Waals surface area contributed by atoms with E-state index in [9.17, 15) is 19.5 Å². The fourth-order valence-corrected chi connectivity index (χ4v) is 5.76. The van der Waals surface area contributed by atoms with Crippen LogP contribution in [0.1, 0.15) is 63.0 Å². The SMILES string of the molecule is CO[C@H]1[C@H](OC(=O)C[C@@H](NC(=O)OC(C)(C)C)c2ccccc2)C(C)=CC2(C)N(C)[C@H](OC(=O)c3ccccc3)[C@]12O. The maximum Gasteiger partial charge on any atom is 0.408 e. The van der Waals surface area contributed by atoms with Gasteiger partial charge in [-0.1, -0.05) is 54.6 Å². The highest BCUT2D eigenvalue weighted by molar-refractivity contribution is 5.89. The number of aliphatic hydroxyl groups is 1. The molecule has 2 aliphatic rings. The van der Waals surface area contributed by atoms with Gasteiger partial charge in [0.25, 0.3) is 0 Å². The van der Waals surface area contributed by atoms with Gasteiger partial charge >= 0.3 is 18.0 Å². The van der Waals surface area contributed by atoms with Crippen molar-refractivity contribution in [2.75, 3.05) is 14.2 Å². The van der Waals surface area contributed by atoms with Crippen molar-refractivity contribution in [2.24, 2.45) is 0 Å². The molecule has 1 aliphatic heterocycles. The molecule has 42 heavy (non-hydrogen) atoms. The predicted octanol–water partition coefficient (Wildman–Crippen LogP) is 4.15. The van der Waals surface area contributed by atoms with E-state index >= 15 is 0 Å². The largest absolute Gasteiger partial charge is 0.455 e. The van der Waals surface area contributed by atoms with Gasteiger partial charge in [-0.05, 0) is 64.9 Å². The Hall–Kier alpha value is -3.73. The molecule has 10 heteroatoms. The molecule has 1 unspecified atom stereocenters. The highest BCUT2D eigenvalue weighted by atomic mass is 16.6. The van der Waals surface area contributed by atoms with Crippen LogP contribution in [-0.4, -0.2) is 77.4 Å². The Morgan fingerprint density at radius 1 is 1.02 bits per heavy atom. The first kappa shape index (κ1) is 31.2. The van der Waals surface area contributed by atoms with Gasteiger partial charge in [0.05, 0.1) is 23.6 Å². The molecule has 4 rings (SSSR count). The summed E-state index contributed by atoms with van der Waals surface area (Å²) in [5.41, 5.74) is -1.73. The zero-order valence-corrected chi connectivity index (χ0v) is 25.1. The Bertz CT molecular complexity index is 1330. The fourth-order valence-electron chi connectivity index (χ4n) is 5.76. The monoisotopic (exact) mass is 580 g/mol. The van der Waals surface area contributed by atoms with Crippen molar-refractivity contribution in [2.45, 2.75) is 82.3 Å². The van der Waals surface area contributed by atoms with Crippen molar-refractivity contribution in [3.05, 3.63) is 83.4 Å². The standard InChI is InChI=1S/C32H40N2O8/c1-20-19-31(5)32(38,28(34(31)6)41-27(36)22-16-12-9-13-17-22)26(39-7)25(20)40-24(35)18-23(21-14-10-8-11-15-21)33-29(37)42-30(2,3)4/h8-17,19,23,25-26,28,38H,18H2,1-7H3,(H,33,37)/t23-,25-,26+,28-,31?,32-/m1/s1. The van der Waals surface area contributed by atoms with E-state index < -0.39 is 59.3 Å². The van der Waals surface area contributed by atoms with Gasteiger partial charge in [0, 0.05) is 7.11 Å². The summed E-state index contributed by atoms with van der Waals surface area (Å²) in [5.74, 6) is -1.23. The summed E-state index contributed by atoms with van der Waals surface area (Å²) in [6, 6.07) is 16.8. The lowest BCUT2D eigenvalue weighted by atomic mass is 9.60. The van der Waals surface area contributed by atoms with Crippen molar-refractivity contribution in [3.63, 3.8) is 0 Å². The number of likely N-dealkylation sites (N-methyl/N-ethyl adjacent to an activating group) is 1. The van der Waals surface area contributed by atoms with E-state index in [1.165, 1.54) is 7.11 Å². The van der Waals surface area contributed by atoms with Crippen LogP contribution in [0.25, 0.3) is 0 Å². The van der Waals surface area contributed by atoms with Crippen LogP contribution in [0.2, 0.25) is 0 Å². The normalized spacial score (nSPS) is 27.9. The summed E-state index contributed by atoms with van der Waals surface area (Å²) in [7, 11) is 3.15. The number of likely N-dealkylation sites (tertiary alicyclic amines) is 1. The van der Waals surface area contributed by atoms with Gasteiger partial charge in [-0.15, -0.1) is 0 Å². The average molecular weight is 581 g/mol. The number of nitrogens with zero attached hydrogens (tertiary/aromatic N) is 1. The summed E-state index contributed by atoms with van der Waals surface area (Å²) in [6.07, 6.45) is -2.18. The number of carbonyl (C=O) groups excluding carboxylic acids is 3. The molecule has 6 atom stereocenters. The number of hydrogen-bond donors (Lipinski definition) is 2. The van der Waals surface area contributed by atoms with Crippen LogP contribution < -0.4 is 5.32 Å². The topological polar surface area (TPSA) is 124 Å². The molecule has 0 spiro atoms. The summed E-state index contributed by atoms with van der Waals surface area (Å²) in [5, 5.41) is 14.9. The summed E-state index contributed by atoms with van der Waals surface area (Å²) in [4.78, 5) is 40.7. The van der Waals surface area contributed by atoms with E-state index in [-0.39, 0.29) is 6.42 Å². The van der Waals surface area contributed by atoms with Crippen LogP contribution in [0.4, 0.5) is 4.79 Å². The van der Waals surface area contributed by atoms with E-state index in [0.29, 0.717) is 16.7 Å². The molecule has 1 fully saturated rings. The number of benzene rings is 2. The number of amides is 1. The molecular weight excluding hydrogens is 540 g/mol. The molecule has 1 heterocycles. The minimum absolute atomic E-state index is 0.203. The van der Waals surface area contributed by atoms with E-state index in [1.54, 1.807) is 100 Å². The number of rotatable bonds is 8. The van der Waals surface area contributed by atoms with E-state index in [2.05, 4.69) is 5.32 Å². The zero-order chi connectivity index (χ0) is 30.9. The van der Waals surface area contributed by atoms with Gasteiger partial charge < -0.3 is 29.4 Å². The van der Waals surface area contributed by atoms with Gasteiger partial charge in [-0.25, -0.2) is 9.59 Å². The summed E-state index contributed by atoms with van der Waals surface area (Å²) < 4.78 is 22.9. The third-order valence-corrected chi connectivity index (χ3v) is 7.94. The second-order valence-corrected chi connectivity index (χ2v) is 12.0. The minimum Gasteiger partial charge on any atom is -0.455 e. The van der Waals surface area contributed by atoms with Crippen LogP contribution in [0.5, 0.6) is 0 Å². The van der Waals surface area contributed by atoms with Gasteiger partial charge in [-0.3, -0.25) is 9.69 Å². The third kappa shape index (κ3) is 5.92. The highest BCUT2D eigenvalue weighted by Gasteiger charge is 2.75. The van der Waals surface area contributed by atoms with E-state index in [1.807, 2.05) is 13.0 Å². The lowest BCUT2D eigenvalue weighted by Crippen LogP contribution is -2.88. The molecule has 1 aliphatic carbocycles. The number of esters is 2. The number of hydrogen-bond acceptors (Lipinski definition) is 9. The molecule has 2 N–H and O–H groups in total. The van der Waals surface area contributed by atoms with Crippen LogP contribution in [-0.2, 0) is 23.7 Å². The number of methoxy groups -OCH3 is 1. The van der Waals surface area contributed by atoms with Crippen LogP contribution in [0.15, 0.2) is 72.3 Å². The number of nitrogens with one attached hydrogen (secondary N) is 1. The molecule has 0 aromatic heterocycles. The number of carbonyl (C=O) groups is 3. The Balaban J connectivity index is 1.55. The van der Waals surface area contributed by atoms with Crippen molar-refractivity contribution in [1.29, 1.82) is 0 Å². The molecule has 0 saturated carbocycles. The minimum atomic E-state index is -1.74. The first-order valence-corrected chi connectivity index (χ1v) is 13.9. The maximum atomic E-state index is 13.4. The molecule has 1 amide bonds. The van der Waals surface area contributed by atoms with Gasteiger partial charge in [-0.2, -0.15) is 0 Å². The smallest absolute Gasteiger partial charge is 0.408 e. The van der Waals surface area contributed by atoms with Gasteiger partial charge in [0.15, 0.2) is 17.9 Å². The second-order valence-electron chi connectivity index (χ2n) is 12.0. The highest BCUT2D eigenvalue weighted by Crippen LogP contribution is 2.54. The lowest BCUT2D eigenvalue weighted by Gasteiger charge is -2.68. The summed E-state index contributed by atoms with van der Waals surface area (Å²) >= 11 is 0. The van der Waals surface area contributed by atoms with Crippen molar-refractivity contribution < 1.29 is 38.4 Å². The molecule has 10 nitrogen and oxygen atoms in total. The lowest BCUT2D eigenvalue weighted by molar-refractivity contribution is -0.342. The van der Waals surface area contributed by atoms with E-state index in [4.69, 9.17) is 18.9 Å². The van der Waals surface area contributed by atoms with Crippen molar-refractivity contribution in [3.8, 4) is 0 Å². The number of ether oxygens (including phenoxy) is 4. The van der Waals surface area contributed by atoms with Crippen LogP contribution in [0, 0.1) is 0 Å². The molecule has 2 aromatic carbocycles. The Morgan fingerprint density at radius 2 is 1.62 bits per heavy atom. The maximum absolute atomic E-state index is 13.4. The number of fused-ring (bicyclic) bond motifs is 1. The predicted molar refractivity (Wildman–Crippen MR) is 154 cm³/mol. The molecule has 2 aromatic rings. The molecule has 0 radical (unpaired) electrons. The summed E-state index contributed by atoms with van der Waals surface area (Å²) in [6.45, 7) is 8.86. The van der Waals surface area contributed by atoms with Gasteiger partial charge in [0.2, 0.25) is 0 Å². The second kappa shape index (κ2) is 11.9. The first-order chi connectivity index (χ1) is 19.7. The van der Waals surface area contributed by atoms with Crippen LogP contribution in [0.3, 0.4) is 0 Å². The Labute approximate surface area is 246 Å². The zero-order valence-electron chi connectivity index (χ0n) is 25.1. The van der Waals surface area contributed by atoms with Crippen LogP contribution >= 0.6 is 0 Å². The quantitative estimate of drug-likeness (QED) is 0.269. The van der Waals surface area contributed by atoms with Crippen molar-refractivity contribution >= 4 is 18.0 Å².